The standard InChI is InChI=1S/C20H23ClN4O2/c1-14-3-4-17(13-19(14)21)23-20(27)25-11-9-24(10-12-25)18-7-5-16(6-8-18)22-15(2)26/h3-8,13H,9-12H2,1-2H3,(H,22,26)(H,23,27). The highest BCUT2D eigenvalue weighted by Crippen LogP contribution is 2.22. The first-order chi connectivity index (χ1) is 12.9. The fourth-order valence-corrected chi connectivity index (χ4v) is 3.18. The van der Waals surface area contributed by atoms with Gasteiger partial charge in [0.2, 0.25) is 5.91 Å². The van der Waals surface area contributed by atoms with Crippen LogP contribution in [0.5, 0.6) is 0 Å². The maximum atomic E-state index is 12.5. The van der Waals surface area contributed by atoms with Crippen molar-refractivity contribution in [2.24, 2.45) is 0 Å². The number of rotatable bonds is 3. The number of aryl methyl sites for hydroxylation is 1. The molecule has 1 fully saturated rings. The van der Waals surface area contributed by atoms with Crippen LogP contribution >= 0.6 is 11.6 Å². The molecule has 7 heteroatoms. The van der Waals surface area contributed by atoms with Crippen molar-refractivity contribution in [3.8, 4) is 0 Å². The molecule has 1 heterocycles. The van der Waals surface area contributed by atoms with Crippen LogP contribution in [0.1, 0.15) is 12.5 Å². The van der Waals surface area contributed by atoms with E-state index >= 15 is 0 Å². The summed E-state index contributed by atoms with van der Waals surface area (Å²) < 4.78 is 0. The lowest BCUT2D eigenvalue weighted by Crippen LogP contribution is -2.50. The Morgan fingerprint density at radius 3 is 2.15 bits per heavy atom. The third-order valence-electron chi connectivity index (χ3n) is 4.54. The van der Waals surface area contributed by atoms with E-state index in [0.717, 1.165) is 30.0 Å². The van der Waals surface area contributed by atoms with Crippen LogP contribution in [-0.4, -0.2) is 43.0 Å². The topological polar surface area (TPSA) is 64.7 Å². The number of nitrogens with one attached hydrogen (secondary N) is 2. The molecule has 2 aromatic carbocycles. The van der Waals surface area contributed by atoms with E-state index in [9.17, 15) is 9.59 Å². The molecule has 142 valence electrons. The van der Waals surface area contributed by atoms with Crippen molar-refractivity contribution in [2.45, 2.75) is 13.8 Å². The summed E-state index contributed by atoms with van der Waals surface area (Å²) in [6, 6.07) is 13.1. The minimum absolute atomic E-state index is 0.0859. The van der Waals surface area contributed by atoms with Gasteiger partial charge >= 0.3 is 6.03 Å². The molecule has 2 N–H and O–H groups in total. The first-order valence-corrected chi connectivity index (χ1v) is 9.25. The average Bonchev–Trinajstić information content (AvgIpc) is 2.65. The van der Waals surface area contributed by atoms with Gasteiger partial charge in [0.1, 0.15) is 0 Å². The van der Waals surface area contributed by atoms with E-state index in [0.29, 0.717) is 23.8 Å². The number of benzene rings is 2. The number of urea groups is 1. The number of hydrogen-bond acceptors (Lipinski definition) is 3. The van der Waals surface area contributed by atoms with E-state index in [2.05, 4.69) is 15.5 Å². The van der Waals surface area contributed by atoms with Gasteiger partial charge < -0.3 is 20.4 Å². The Labute approximate surface area is 164 Å². The molecule has 0 aliphatic carbocycles. The Hall–Kier alpha value is -2.73. The molecule has 1 saturated heterocycles. The minimum atomic E-state index is -0.115. The summed E-state index contributed by atoms with van der Waals surface area (Å²) in [7, 11) is 0. The van der Waals surface area contributed by atoms with Crippen molar-refractivity contribution in [3.63, 3.8) is 0 Å². The van der Waals surface area contributed by atoms with E-state index in [1.54, 1.807) is 11.0 Å². The number of nitrogens with zero attached hydrogens (tertiary/aromatic N) is 2. The van der Waals surface area contributed by atoms with Crippen LogP contribution in [-0.2, 0) is 4.79 Å². The van der Waals surface area contributed by atoms with Crippen LogP contribution in [0.4, 0.5) is 21.9 Å². The second-order valence-corrected chi connectivity index (χ2v) is 7.00. The van der Waals surface area contributed by atoms with Crippen molar-refractivity contribution in [3.05, 3.63) is 53.1 Å². The average molecular weight is 387 g/mol. The van der Waals surface area contributed by atoms with Gasteiger partial charge in [-0.25, -0.2) is 4.79 Å². The molecule has 1 aliphatic rings. The molecule has 1 aliphatic heterocycles. The van der Waals surface area contributed by atoms with Gasteiger partial charge in [-0.2, -0.15) is 0 Å². The van der Waals surface area contributed by atoms with Gasteiger partial charge in [0, 0.05) is 55.2 Å². The summed E-state index contributed by atoms with van der Waals surface area (Å²) in [6.07, 6.45) is 0. The third kappa shape index (κ3) is 4.92. The molecule has 0 atom stereocenters. The van der Waals surface area contributed by atoms with Gasteiger partial charge in [0.15, 0.2) is 0 Å². The first-order valence-electron chi connectivity index (χ1n) is 8.87. The molecular weight excluding hydrogens is 364 g/mol. The highest BCUT2D eigenvalue weighted by molar-refractivity contribution is 6.31. The summed E-state index contributed by atoms with van der Waals surface area (Å²) in [6.45, 7) is 6.19. The third-order valence-corrected chi connectivity index (χ3v) is 4.95. The largest absolute Gasteiger partial charge is 0.368 e. The van der Waals surface area contributed by atoms with Crippen molar-refractivity contribution < 1.29 is 9.59 Å². The van der Waals surface area contributed by atoms with Gasteiger partial charge in [-0.05, 0) is 48.9 Å². The Morgan fingerprint density at radius 1 is 0.926 bits per heavy atom. The van der Waals surface area contributed by atoms with E-state index in [-0.39, 0.29) is 11.9 Å². The number of halogens is 1. The maximum absolute atomic E-state index is 12.5. The quantitative estimate of drug-likeness (QED) is 0.839. The summed E-state index contributed by atoms with van der Waals surface area (Å²) >= 11 is 6.11. The number of amides is 3. The van der Waals surface area contributed by atoms with Crippen molar-refractivity contribution in [2.75, 3.05) is 41.7 Å². The molecule has 0 spiro atoms. The molecule has 0 radical (unpaired) electrons. The second kappa shape index (κ2) is 8.31. The predicted molar refractivity (Wildman–Crippen MR) is 110 cm³/mol. The Morgan fingerprint density at radius 2 is 1.56 bits per heavy atom. The van der Waals surface area contributed by atoms with Crippen LogP contribution in [0.2, 0.25) is 5.02 Å². The smallest absolute Gasteiger partial charge is 0.321 e. The molecule has 27 heavy (non-hydrogen) atoms. The molecule has 6 nitrogen and oxygen atoms in total. The maximum Gasteiger partial charge on any atom is 0.321 e. The normalized spacial score (nSPS) is 14.0. The van der Waals surface area contributed by atoms with Crippen LogP contribution in [0.25, 0.3) is 0 Å². The molecule has 0 aromatic heterocycles. The lowest BCUT2D eigenvalue weighted by molar-refractivity contribution is -0.114. The van der Waals surface area contributed by atoms with E-state index < -0.39 is 0 Å². The van der Waals surface area contributed by atoms with Crippen LogP contribution in [0.15, 0.2) is 42.5 Å². The fourth-order valence-electron chi connectivity index (χ4n) is 3.00. The Bertz CT molecular complexity index is 830. The highest BCUT2D eigenvalue weighted by atomic mass is 35.5. The van der Waals surface area contributed by atoms with Gasteiger partial charge in [0.25, 0.3) is 0 Å². The summed E-state index contributed by atoms with van der Waals surface area (Å²) in [5, 5.41) is 6.30. The van der Waals surface area contributed by atoms with E-state index in [4.69, 9.17) is 11.6 Å². The Kier molecular flexibility index (Phi) is 5.86. The molecule has 3 rings (SSSR count). The predicted octanol–water partition coefficient (Wildman–Crippen LogP) is 3.96. The van der Waals surface area contributed by atoms with E-state index in [1.807, 2.05) is 43.3 Å². The van der Waals surface area contributed by atoms with Crippen LogP contribution in [0.3, 0.4) is 0 Å². The van der Waals surface area contributed by atoms with Crippen LogP contribution in [0, 0.1) is 6.92 Å². The zero-order chi connectivity index (χ0) is 19.4. The zero-order valence-electron chi connectivity index (χ0n) is 15.5. The molecular formula is C20H23ClN4O2. The molecule has 3 amide bonds. The second-order valence-electron chi connectivity index (χ2n) is 6.60. The lowest BCUT2D eigenvalue weighted by Gasteiger charge is -2.36. The molecule has 0 unspecified atom stereocenters. The number of piperazine rings is 1. The van der Waals surface area contributed by atoms with Crippen LogP contribution < -0.4 is 15.5 Å². The number of carbonyl (C=O) groups excluding carboxylic acids is 2. The van der Waals surface area contributed by atoms with Gasteiger partial charge in [-0.1, -0.05) is 17.7 Å². The highest BCUT2D eigenvalue weighted by Gasteiger charge is 2.21. The van der Waals surface area contributed by atoms with E-state index in [1.165, 1.54) is 6.92 Å². The molecule has 0 bridgehead atoms. The summed E-state index contributed by atoms with van der Waals surface area (Å²) in [4.78, 5) is 27.6. The van der Waals surface area contributed by atoms with Gasteiger partial charge in [0.05, 0.1) is 0 Å². The fraction of sp³-hybridized carbons (Fsp3) is 0.300. The molecule has 0 saturated carbocycles. The monoisotopic (exact) mass is 386 g/mol. The van der Waals surface area contributed by atoms with Crippen molar-refractivity contribution in [1.82, 2.24) is 4.90 Å². The number of anilines is 3. The van der Waals surface area contributed by atoms with Crippen molar-refractivity contribution in [1.29, 1.82) is 0 Å². The SMILES string of the molecule is CC(=O)Nc1ccc(N2CCN(C(=O)Nc3ccc(C)c(Cl)c3)CC2)cc1. The van der Waals surface area contributed by atoms with Gasteiger partial charge in [-0.15, -0.1) is 0 Å². The zero-order valence-corrected chi connectivity index (χ0v) is 16.2. The minimum Gasteiger partial charge on any atom is -0.368 e. The summed E-state index contributed by atoms with van der Waals surface area (Å²) in [5.41, 5.74) is 3.54. The van der Waals surface area contributed by atoms with Crippen molar-refractivity contribution >= 4 is 40.6 Å². The lowest BCUT2D eigenvalue weighted by atomic mass is 10.2. The molecule has 2 aromatic rings. The summed E-state index contributed by atoms with van der Waals surface area (Å²) in [5.74, 6) is -0.0859. The number of carbonyl (C=O) groups is 2. The number of hydrogen-bond donors (Lipinski definition) is 2. The van der Waals surface area contributed by atoms with Gasteiger partial charge in [-0.3, -0.25) is 4.79 Å². The first kappa shape index (κ1) is 19.0. The Balaban J connectivity index is 1.54.